The van der Waals surface area contributed by atoms with Gasteiger partial charge in [-0.3, -0.25) is 14.9 Å². The van der Waals surface area contributed by atoms with E-state index in [9.17, 15) is 14.9 Å². The number of non-ortho nitro benzene ring substituents is 1. The van der Waals surface area contributed by atoms with E-state index in [1.807, 2.05) is 0 Å². The van der Waals surface area contributed by atoms with E-state index >= 15 is 0 Å². The number of allylic oxidation sites excluding steroid dienone is 2. The van der Waals surface area contributed by atoms with Gasteiger partial charge in [-0.15, -0.1) is 0 Å². The molecular weight excluding hydrogens is 332 g/mol. The largest absolute Gasteiger partial charge is 0.375 e. The minimum atomic E-state index is -0.489. The minimum absolute atomic E-state index is 0.0416. The predicted octanol–water partition coefficient (Wildman–Crippen LogP) is 3.48. The second-order valence-corrected chi connectivity index (χ2v) is 7.70. The van der Waals surface area contributed by atoms with E-state index < -0.39 is 4.92 Å². The smallest absolute Gasteiger partial charge is 0.271 e. The highest BCUT2D eigenvalue weighted by Gasteiger charge is 2.29. The van der Waals surface area contributed by atoms with Gasteiger partial charge in [-0.1, -0.05) is 13.8 Å². The molecule has 2 aliphatic rings. The first-order chi connectivity index (χ1) is 12.3. The molecular formula is C19H24N4O3. The molecule has 0 spiro atoms. The summed E-state index contributed by atoms with van der Waals surface area (Å²) in [6.45, 7) is 6.60. The molecule has 1 heterocycles. The molecule has 1 fully saturated rings. The van der Waals surface area contributed by atoms with Crippen LogP contribution in [0.15, 0.2) is 41.1 Å². The average molecular weight is 356 g/mol. The Morgan fingerprint density at radius 1 is 1.19 bits per heavy atom. The Kier molecular flexibility index (Phi) is 5.06. The number of nitrogens with zero attached hydrogens (tertiary/aromatic N) is 3. The molecule has 1 N–H and O–H groups in total. The molecule has 0 radical (unpaired) electrons. The number of benzene rings is 1. The van der Waals surface area contributed by atoms with E-state index in [-0.39, 0.29) is 17.0 Å². The highest BCUT2D eigenvalue weighted by Crippen LogP contribution is 2.36. The van der Waals surface area contributed by atoms with Crippen molar-refractivity contribution in [3.8, 4) is 0 Å². The topological polar surface area (TPSA) is 87.8 Å². The van der Waals surface area contributed by atoms with Crippen LogP contribution in [0.3, 0.4) is 0 Å². The van der Waals surface area contributed by atoms with Crippen molar-refractivity contribution in [3.05, 3.63) is 51.7 Å². The number of amides is 1. The molecule has 1 aliphatic heterocycles. The van der Waals surface area contributed by atoms with Gasteiger partial charge in [-0.25, -0.2) is 5.43 Å². The maximum atomic E-state index is 12.2. The number of hydrogen-bond donors (Lipinski definition) is 1. The third-order valence-electron chi connectivity index (χ3n) is 4.81. The van der Waals surface area contributed by atoms with Gasteiger partial charge in [0.2, 0.25) is 0 Å². The van der Waals surface area contributed by atoms with E-state index in [2.05, 4.69) is 35.4 Å². The number of nitro groups is 1. The molecule has 1 aliphatic carbocycles. The summed E-state index contributed by atoms with van der Waals surface area (Å²) in [6.07, 6.45) is 6.35. The third kappa shape index (κ3) is 4.28. The van der Waals surface area contributed by atoms with Gasteiger partial charge in [0.1, 0.15) is 0 Å². The molecule has 0 unspecified atom stereocenters. The van der Waals surface area contributed by atoms with Gasteiger partial charge in [0.15, 0.2) is 0 Å². The zero-order valence-corrected chi connectivity index (χ0v) is 15.2. The molecule has 7 nitrogen and oxygen atoms in total. The van der Waals surface area contributed by atoms with Gasteiger partial charge in [-0.05, 0) is 49.3 Å². The number of hydrazone groups is 1. The molecule has 0 bridgehead atoms. The Balaban J connectivity index is 1.72. The van der Waals surface area contributed by atoms with Crippen LogP contribution in [-0.4, -0.2) is 34.5 Å². The van der Waals surface area contributed by atoms with Crippen molar-refractivity contribution >= 4 is 17.3 Å². The lowest BCUT2D eigenvalue weighted by Gasteiger charge is -2.34. The van der Waals surface area contributed by atoms with Crippen LogP contribution in [0, 0.1) is 15.5 Å². The van der Waals surface area contributed by atoms with Crippen LogP contribution < -0.4 is 5.43 Å². The number of nitrogens with one attached hydrogen (secondary N) is 1. The van der Waals surface area contributed by atoms with Gasteiger partial charge >= 0.3 is 0 Å². The van der Waals surface area contributed by atoms with Crippen molar-refractivity contribution in [2.24, 2.45) is 10.5 Å². The Morgan fingerprint density at radius 2 is 1.85 bits per heavy atom. The Hall–Kier alpha value is -2.70. The summed E-state index contributed by atoms with van der Waals surface area (Å²) in [5, 5.41) is 15.0. The lowest BCUT2D eigenvalue weighted by Crippen LogP contribution is -2.31. The van der Waals surface area contributed by atoms with Crippen molar-refractivity contribution in [2.75, 3.05) is 13.1 Å². The van der Waals surface area contributed by atoms with Crippen LogP contribution >= 0.6 is 0 Å². The van der Waals surface area contributed by atoms with Crippen molar-refractivity contribution in [1.82, 2.24) is 10.3 Å². The van der Waals surface area contributed by atoms with Gasteiger partial charge in [0.05, 0.1) is 10.6 Å². The number of nitro benzene ring substituents is 1. The van der Waals surface area contributed by atoms with Crippen molar-refractivity contribution < 1.29 is 9.72 Å². The van der Waals surface area contributed by atoms with Crippen LogP contribution in [0.2, 0.25) is 0 Å². The molecule has 0 aromatic heterocycles. The summed E-state index contributed by atoms with van der Waals surface area (Å²) in [6, 6.07) is 5.50. The summed E-state index contributed by atoms with van der Waals surface area (Å²) in [4.78, 5) is 24.9. The fourth-order valence-electron chi connectivity index (χ4n) is 3.54. The number of carbonyl (C=O) groups excluding carboxylic acids is 1. The lowest BCUT2D eigenvalue weighted by atomic mass is 9.78. The van der Waals surface area contributed by atoms with Crippen LogP contribution in [0.25, 0.3) is 0 Å². The standard InChI is InChI=1S/C19H24N4O3/c1-19(2)12-15(11-17(13-19)22-9-3-4-10-22)20-21-18(24)14-5-7-16(8-6-14)23(25)26/h5-8,11H,3-4,9-10,12-13H2,1-2H3,(H,21,24)/b20-15+. The zero-order chi connectivity index (χ0) is 18.7. The van der Waals surface area contributed by atoms with Gasteiger partial charge in [0.25, 0.3) is 11.6 Å². The first kappa shape index (κ1) is 18.1. The predicted molar refractivity (Wildman–Crippen MR) is 99.9 cm³/mol. The highest BCUT2D eigenvalue weighted by molar-refractivity contribution is 5.99. The molecule has 26 heavy (non-hydrogen) atoms. The molecule has 7 heteroatoms. The molecule has 1 aromatic rings. The number of rotatable bonds is 4. The lowest BCUT2D eigenvalue weighted by molar-refractivity contribution is -0.384. The fraction of sp³-hybridized carbons (Fsp3) is 0.474. The van der Waals surface area contributed by atoms with Crippen molar-refractivity contribution in [2.45, 2.75) is 39.5 Å². The molecule has 3 rings (SSSR count). The van der Waals surface area contributed by atoms with Crippen molar-refractivity contribution in [1.29, 1.82) is 0 Å². The summed E-state index contributed by atoms with van der Waals surface area (Å²) in [7, 11) is 0. The van der Waals surface area contributed by atoms with Crippen LogP contribution in [0.4, 0.5) is 5.69 Å². The first-order valence-corrected chi connectivity index (χ1v) is 8.91. The van der Waals surface area contributed by atoms with E-state index in [1.165, 1.54) is 42.8 Å². The Labute approximate surface area is 152 Å². The maximum Gasteiger partial charge on any atom is 0.271 e. The summed E-state index contributed by atoms with van der Waals surface area (Å²) >= 11 is 0. The monoisotopic (exact) mass is 356 g/mol. The molecule has 138 valence electrons. The average Bonchev–Trinajstić information content (AvgIpc) is 3.13. The first-order valence-electron chi connectivity index (χ1n) is 8.91. The molecule has 0 saturated carbocycles. The van der Waals surface area contributed by atoms with Gasteiger partial charge < -0.3 is 4.90 Å². The second-order valence-electron chi connectivity index (χ2n) is 7.70. The van der Waals surface area contributed by atoms with Crippen LogP contribution in [-0.2, 0) is 0 Å². The Bertz CT molecular complexity index is 759. The fourth-order valence-corrected chi connectivity index (χ4v) is 3.54. The van der Waals surface area contributed by atoms with E-state index in [1.54, 1.807) is 0 Å². The number of carbonyl (C=O) groups is 1. The molecule has 1 aromatic carbocycles. The zero-order valence-electron chi connectivity index (χ0n) is 15.2. The maximum absolute atomic E-state index is 12.2. The van der Waals surface area contributed by atoms with Gasteiger partial charge in [-0.2, -0.15) is 5.10 Å². The summed E-state index contributed by atoms with van der Waals surface area (Å²) < 4.78 is 0. The van der Waals surface area contributed by atoms with Crippen LogP contribution in [0.1, 0.15) is 49.9 Å². The molecule has 0 atom stereocenters. The normalized spacial score (nSPS) is 20.8. The second kappa shape index (κ2) is 7.27. The molecule has 1 saturated heterocycles. The van der Waals surface area contributed by atoms with Gasteiger partial charge in [0, 0.05) is 36.5 Å². The van der Waals surface area contributed by atoms with E-state index in [0.717, 1.165) is 31.6 Å². The quantitative estimate of drug-likeness (QED) is 0.661. The Morgan fingerprint density at radius 3 is 2.46 bits per heavy atom. The van der Waals surface area contributed by atoms with Crippen molar-refractivity contribution in [3.63, 3.8) is 0 Å². The SMILES string of the molecule is CC1(C)CC(N2CCCC2)=C/C(=N\NC(=O)c2ccc([N+](=O)[O-])cc2)C1. The molecule has 1 amide bonds. The highest BCUT2D eigenvalue weighted by atomic mass is 16.6. The number of likely N-dealkylation sites (tertiary alicyclic amines) is 1. The summed E-state index contributed by atoms with van der Waals surface area (Å²) in [5.74, 6) is -0.369. The van der Waals surface area contributed by atoms with Crippen LogP contribution in [0.5, 0.6) is 0 Å². The summed E-state index contributed by atoms with van der Waals surface area (Å²) in [5.41, 5.74) is 5.14. The van der Waals surface area contributed by atoms with E-state index in [0.29, 0.717) is 5.56 Å². The number of hydrogen-bond acceptors (Lipinski definition) is 5. The third-order valence-corrected chi connectivity index (χ3v) is 4.81. The minimum Gasteiger partial charge on any atom is -0.375 e. The van der Waals surface area contributed by atoms with E-state index in [4.69, 9.17) is 0 Å².